The second kappa shape index (κ2) is 9.29. The van der Waals surface area contributed by atoms with Gasteiger partial charge in [0.2, 0.25) is 0 Å². The van der Waals surface area contributed by atoms with Gasteiger partial charge in [0.1, 0.15) is 23.0 Å². The summed E-state index contributed by atoms with van der Waals surface area (Å²) in [4.78, 5) is -0.251. The van der Waals surface area contributed by atoms with Crippen LogP contribution >= 0.6 is 21.4 Å². The van der Waals surface area contributed by atoms with Gasteiger partial charge in [-0.3, -0.25) is 0 Å². The molecule has 5 rings (SSSR count). The predicted octanol–water partition coefficient (Wildman–Crippen LogP) is 7.43. The molecular weight excluding hydrogens is 543 g/mol. The van der Waals surface area contributed by atoms with Crippen LogP contribution in [-0.4, -0.2) is 16.8 Å². The fraction of sp³-hybridized carbons (Fsp3) is 0. The van der Waals surface area contributed by atoms with Gasteiger partial charge in [0, 0.05) is 42.9 Å². The van der Waals surface area contributed by atoms with Crippen molar-refractivity contribution < 1.29 is 26.3 Å². The summed E-state index contributed by atoms with van der Waals surface area (Å²) in [6.45, 7) is 0. The first-order valence-electron chi connectivity index (χ1n) is 10.5. The minimum atomic E-state index is -4.06. The van der Waals surface area contributed by atoms with Crippen LogP contribution in [0.2, 0.25) is 0 Å². The standard InChI is InChI=1S/C26H16Cl2O6S2/c27-35(29,30)19-12-14-22-23(15-19)25(33-17-7-3-1-4-8-17)21-13-11-20(36(28,31)32)16-24(21)26(22)34-18-9-5-2-6-10-18/h1-16H. The molecule has 0 aliphatic carbocycles. The SMILES string of the molecule is O=S(=O)(Cl)c1ccc2c(Oc3ccccc3)c3cc(S(=O)(=O)Cl)ccc3c(Oc3ccccc3)c2c1. The first-order chi connectivity index (χ1) is 17.1. The second-order valence-electron chi connectivity index (χ2n) is 7.78. The molecule has 0 N–H and O–H groups in total. The van der Waals surface area contributed by atoms with Crippen LogP contribution in [0, 0.1) is 0 Å². The highest BCUT2D eigenvalue weighted by atomic mass is 35.7. The van der Waals surface area contributed by atoms with Gasteiger partial charge in [-0.2, -0.15) is 0 Å². The first-order valence-corrected chi connectivity index (χ1v) is 15.1. The summed E-state index contributed by atoms with van der Waals surface area (Å²) in [5.41, 5.74) is 0. The third-order valence-electron chi connectivity index (χ3n) is 5.45. The molecule has 10 heteroatoms. The molecule has 0 fully saturated rings. The smallest absolute Gasteiger partial charge is 0.261 e. The third-order valence-corrected chi connectivity index (χ3v) is 8.15. The molecule has 5 aromatic rings. The highest BCUT2D eigenvalue weighted by Crippen LogP contribution is 2.47. The molecule has 0 saturated carbocycles. The summed E-state index contributed by atoms with van der Waals surface area (Å²) in [6, 6.07) is 26.4. The number of rotatable bonds is 6. The van der Waals surface area contributed by atoms with Crippen molar-refractivity contribution >= 4 is 61.0 Å². The normalized spacial score (nSPS) is 12.1. The van der Waals surface area contributed by atoms with Gasteiger partial charge in [0.15, 0.2) is 0 Å². The molecule has 0 bridgehead atoms. The zero-order valence-corrected chi connectivity index (χ0v) is 21.4. The predicted molar refractivity (Wildman–Crippen MR) is 141 cm³/mol. The van der Waals surface area contributed by atoms with Crippen LogP contribution in [-0.2, 0) is 18.1 Å². The monoisotopic (exact) mass is 558 g/mol. The van der Waals surface area contributed by atoms with E-state index in [1.54, 1.807) is 60.7 Å². The van der Waals surface area contributed by atoms with Gasteiger partial charge < -0.3 is 9.47 Å². The van der Waals surface area contributed by atoms with Crippen molar-refractivity contribution in [1.29, 1.82) is 0 Å². The van der Waals surface area contributed by atoms with Crippen LogP contribution in [0.15, 0.2) is 107 Å². The maximum absolute atomic E-state index is 12.2. The molecule has 0 radical (unpaired) electrons. The molecular formula is C26H16Cl2O6S2. The Morgan fingerprint density at radius 1 is 0.472 bits per heavy atom. The van der Waals surface area contributed by atoms with Gasteiger partial charge >= 0.3 is 0 Å². The van der Waals surface area contributed by atoms with Crippen molar-refractivity contribution in [3.05, 3.63) is 97.1 Å². The maximum Gasteiger partial charge on any atom is 0.261 e. The van der Waals surface area contributed by atoms with Crippen molar-refractivity contribution in [2.75, 3.05) is 0 Å². The first kappa shape index (κ1) is 24.4. The molecule has 0 aliphatic heterocycles. The van der Waals surface area contributed by atoms with E-state index in [0.717, 1.165) is 0 Å². The van der Waals surface area contributed by atoms with Crippen molar-refractivity contribution in [2.24, 2.45) is 0 Å². The molecule has 0 unspecified atom stereocenters. The number of benzene rings is 5. The lowest BCUT2D eigenvalue weighted by Gasteiger charge is -2.18. The lowest BCUT2D eigenvalue weighted by atomic mass is 10.0. The number of ether oxygens (including phenoxy) is 2. The number of para-hydroxylation sites is 2. The van der Waals surface area contributed by atoms with Crippen LogP contribution in [0.4, 0.5) is 0 Å². The van der Waals surface area contributed by atoms with Gasteiger partial charge in [0.05, 0.1) is 9.79 Å². The van der Waals surface area contributed by atoms with Crippen molar-refractivity contribution in [1.82, 2.24) is 0 Å². The topological polar surface area (TPSA) is 86.7 Å². The Morgan fingerprint density at radius 2 is 0.833 bits per heavy atom. The van der Waals surface area contributed by atoms with E-state index in [1.807, 2.05) is 12.1 Å². The molecule has 0 saturated heterocycles. The lowest BCUT2D eigenvalue weighted by molar-refractivity contribution is 0.485. The van der Waals surface area contributed by atoms with E-state index in [2.05, 4.69) is 0 Å². The number of hydrogen-bond acceptors (Lipinski definition) is 6. The van der Waals surface area contributed by atoms with E-state index in [0.29, 0.717) is 44.5 Å². The minimum Gasteiger partial charge on any atom is -0.456 e. The highest BCUT2D eigenvalue weighted by molar-refractivity contribution is 8.14. The quantitative estimate of drug-likeness (QED) is 0.159. The van der Waals surface area contributed by atoms with Crippen LogP contribution < -0.4 is 9.47 Å². The van der Waals surface area contributed by atoms with Crippen LogP contribution in [0.3, 0.4) is 0 Å². The Hall–Kier alpha value is -3.30. The summed E-state index contributed by atoms with van der Waals surface area (Å²) in [6.07, 6.45) is 0. The van der Waals surface area contributed by atoms with Crippen LogP contribution in [0.5, 0.6) is 23.0 Å². The van der Waals surface area contributed by atoms with Crippen molar-refractivity contribution in [3.63, 3.8) is 0 Å². The molecule has 182 valence electrons. The third kappa shape index (κ3) is 4.85. The minimum absolute atomic E-state index is 0.125. The summed E-state index contributed by atoms with van der Waals surface area (Å²) >= 11 is 0. The summed E-state index contributed by atoms with van der Waals surface area (Å²) < 4.78 is 61.1. The molecule has 36 heavy (non-hydrogen) atoms. The molecule has 0 heterocycles. The van der Waals surface area contributed by atoms with Gasteiger partial charge in [-0.15, -0.1) is 0 Å². The van der Waals surface area contributed by atoms with E-state index >= 15 is 0 Å². The zero-order valence-electron chi connectivity index (χ0n) is 18.3. The van der Waals surface area contributed by atoms with Crippen molar-refractivity contribution in [3.8, 4) is 23.0 Å². The van der Waals surface area contributed by atoms with Gasteiger partial charge in [0.25, 0.3) is 18.1 Å². The summed E-state index contributed by atoms with van der Waals surface area (Å²) in [5, 5.41) is 1.76. The van der Waals surface area contributed by atoms with Gasteiger partial charge in [-0.1, -0.05) is 36.4 Å². The number of hydrogen-bond donors (Lipinski definition) is 0. The van der Waals surface area contributed by atoms with Gasteiger partial charge in [-0.25, -0.2) is 16.8 Å². The van der Waals surface area contributed by atoms with Crippen LogP contribution in [0.25, 0.3) is 21.5 Å². The maximum atomic E-state index is 12.2. The Morgan fingerprint density at radius 3 is 1.17 bits per heavy atom. The van der Waals surface area contributed by atoms with E-state index in [4.69, 9.17) is 30.8 Å². The molecule has 5 aromatic carbocycles. The average Bonchev–Trinajstić information content (AvgIpc) is 2.85. The molecule has 0 atom stereocenters. The fourth-order valence-electron chi connectivity index (χ4n) is 3.84. The van der Waals surface area contributed by atoms with E-state index in [1.165, 1.54) is 24.3 Å². The molecule has 0 amide bonds. The largest absolute Gasteiger partial charge is 0.456 e. The van der Waals surface area contributed by atoms with E-state index in [-0.39, 0.29) is 9.79 Å². The molecule has 0 spiro atoms. The summed E-state index contributed by atoms with van der Waals surface area (Å²) in [5.74, 6) is 1.58. The molecule has 6 nitrogen and oxygen atoms in total. The Balaban J connectivity index is 1.91. The Labute approximate surface area is 216 Å². The second-order valence-corrected chi connectivity index (χ2v) is 12.9. The molecule has 0 aliphatic rings. The fourth-order valence-corrected chi connectivity index (χ4v) is 5.40. The Kier molecular flexibility index (Phi) is 6.30. The van der Waals surface area contributed by atoms with Crippen LogP contribution in [0.1, 0.15) is 0 Å². The zero-order chi connectivity index (χ0) is 25.5. The summed E-state index contributed by atoms with van der Waals surface area (Å²) in [7, 11) is 3.19. The van der Waals surface area contributed by atoms with Crippen molar-refractivity contribution in [2.45, 2.75) is 9.79 Å². The molecule has 0 aromatic heterocycles. The number of halogens is 2. The number of fused-ring (bicyclic) bond motifs is 2. The Bertz CT molecular complexity index is 1690. The van der Waals surface area contributed by atoms with E-state index < -0.39 is 18.1 Å². The lowest BCUT2D eigenvalue weighted by Crippen LogP contribution is -1.97. The van der Waals surface area contributed by atoms with Gasteiger partial charge in [-0.05, 0) is 60.7 Å². The average molecular weight is 559 g/mol. The van der Waals surface area contributed by atoms with E-state index in [9.17, 15) is 16.8 Å². The highest BCUT2D eigenvalue weighted by Gasteiger charge is 2.22.